The number of alkyl halides is 4. The summed E-state index contributed by atoms with van der Waals surface area (Å²) in [6, 6.07) is 20.6. The van der Waals surface area contributed by atoms with Crippen molar-refractivity contribution < 1.29 is 31.8 Å². The molecule has 6 nitrogen and oxygen atoms in total. The van der Waals surface area contributed by atoms with E-state index in [1.54, 1.807) is 18.3 Å². The number of para-hydroxylation sites is 1. The topological polar surface area (TPSA) is 61.5 Å². The van der Waals surface area contributed by atoms with Crippen molar-refractivity contribution >= 4 is 11.5 Å². The molecular formula is C27H23F4N3O3. The van der Waals surface area contributed by atoms with Crippen LogP contribution in [-0.2, 0) is 6.42 Å². The second kappa shape index (κ2) is 11.6. The van der Waals surface area contributed by atoms with Crippen LogP contribution in [0.3, 0.4) is 0 Å². The van der Waals surface area contributed by atoms with Gasteiger partial charge in [0.2, 0.25) is 0 Å². The highest BCUT2D eigenvalue weighted by Gasteiger charge is 2.21. The van der Waals surface area contributed by atoms with Crippen LogP contribution >= 0.6 is 0 Å². The smallest absolute Gasteiger partial charge is 0.387 e. The largest absolute Gasteiger partial charge is 0.619 e. The van der Waals surface area contributed by atoms with E-state index in [9.17, 15) is 22.8 Å². The molecule has 2 aromatic heterocycles. The molecule has 4 rings (SSSR count). The zero-order chi connectivity index (χ0) is 26.4. The Balaban J connectivity index is 1.71. The summed E-state index contributed by atoms with van der Waals surface area (Å²) < 4.78 is 61.1. The first kappa shape index (κ1) is 25.7. The van der Waals surface area contributed by atoms with Crippen LogP contribution in [0, 0.1) is 5.21 Å². The SMILES string of the molecule is CN(c1ccccc1)c1ccc(C(Cc2cc[n+]([O-])cc2)c2ccc(OC(F)F)c(OC(F)F)c2)cn1. The number of hydrogen-bond donors (Lipinski definition) is 0. The molecule has 37 heavy (non-hydrogen) atoms. The number of ether oxygens (including phenoxy) is 2. The van der Waals surface area contributed by atoms with Gasteiger partial charge >= 0.3 is 13.2 Å². The van der Waals surface area contributed by atoms with E-state index < -0.39 is 30.6 Å². The molecule has 4 aromatic rings. The van der Waals surface area contributed by atoms with Gasteiger partial charge in [0, 0.05) is 37.0 Å². The van der Waals surface area contributed by atoms with Gasteiger partial charge in [0.25, 0.3) is 0 Å². The minimum atomic E-state index is -3.23. The fourth-order valence-electron chi connectivity index (χ4n) is 3.95. The van der Waals surface area contributed by atoms with Crippen molar-refractivity contribution in [3.8, 4) is 11.5 Å². The van der Waals surface area contributed by atoms with Gasteiger partial charge in [-0.25, -0.2) is 4.98 Å². The van der Waals surface area contributed by atoms with Gasteiger partial charge in [-0.3, -0.25) is 0 Å². The minimum absolute atomic E-state index is 0.375. The highest BCUT2D eigenvalue weighted by atomic mass is 19.3. The first-order chi connectivity index (χ1) is 17.8. The summed E-state index contributed by atoms with van der Waals surface area (Å²) >= 11 is 0. The van der Waals surface area contributed by atoms with Crippen molar-refractivity contribution in [2.24, 2.45) is 0 Å². The summed E-state index contributed by atoms with van der Waals surface area (Å²) in [7, 11) is 1.88. The quantitative estimate of drug-likeness (QED) is 0.147. The summed E-state index contributed by atoms with van der Waals surface area (Å²) in [4.78, 5) is 6.49. The Morgan fingerprint density at radius 2 is 1.49 bits per heavy atom. The Morgan fingerprint density at radius 1 is 0.838 bits per heavy atom. The van der Waals surface area contributed by atoms with Crippen molar-refractivity contribution in [2.45, 2.75) is 25.6 Å². The highest BCUT2D eigenvalue weighted by molar-refractivity contribution is 5.59. The number of rotatable bonds is 10. The molecule has 10 heteroatoms. The van der Waals surface area contributed by atoms with Gasteiger partial charge in [-0.05, 0) is 53.4 Å². The lowest BCUT2D eigenvalue weighted by atomic mass is 9.86. The maximum Gasteiger partial charge on any atom is 0.387 e. The molecule has 192 valence electrons. The molecule has 0 fully saturated rings. The number of aromatic nitrogens is 2. The van der Waals surface area contributed by atoms with Crippen LogP contribution in [0.4, 0.5) is 29.1 Å². The highest BCUT2D eigenvalue weighted by Crippen LogP contribution is 2.37. The Kier molecular flexibility index (Phi) is 8.07. The number of benzene rings is 2. The Hall–Kier alpha value is -4.34. The number of halogens is 4. The van der Waals surface area contributed by atoms with Crippen molar-refractivity contribution in [2.75, 3.05) is 11.9 Å². The molecule has 0 radical (unpaired) electrons. The van der Waals surface area contributed by atoms with Crippen molar-refractivity contribution in [3.63, 3.8) is 0 Å². The zero-order valence-corrected chi connectivity index (χ0v) is 19.7. The predicted octanol–water partition coefficient (Wildman–Crippen LogP) is 6.06. The van der Waals surface area contributed by atoms with Crippen LogP contribution in [0.2, 0.25) is 0 Å². The van der Waals surface area contributed by atoms with Gasteiger partial charge in [0.1, 0.15) is 5.82 Å². The molecule has 2 heterocycles. The first-order valence-corrected chi connectivity index (χ1v) is 11.3. The molecule has 0 bridgehead atoms. The standard InChI is InChI=1S/C27H23F4N3O3/c1-33(21-5-3-2-4-6-21)25-10-8-20(17-32-25)22(15-18-11-13-34(35)14-12-18)19-7-9-23(36-26(28)29)24(16-19)37-27(30)31/h2-14,16-17,22,26-27H,15H2,1H3. The average Bonchev–Trinajstić information content (AvgIpc) is 2.89. The lowest BCUT2D eigenvalue weighted by Gasteiger charge is -2.22. The second-order valence-electron chi connectivity index (χ2n) is 8.13. The molecule has 0 saturated carbocycles. The summed E-state index contributed by atoms with van der Waals surface area (Å²) in [5.41, 5.74) is 3.00. The zero-order valence-electron chi connectivity index (χ0n) is 19.7. The van der Waals surface area contributed by atoms with E-state index >= 15 is 0 Å². The Morgan fingerprint density at radius 3 is 2.11 bits per heavy atom. The van der Waals surface area contributed by atoms with Gasteiger partial charge in [0.05, 0.1) is 0 Å². The monoisotopic (exact) mass is 513 g/mol. The Labute approximate surface area is 210 Å². The molecule has 0 aliphatic rings. The van der Waals surface area contributed by atoms with Gasteiger partial charge in [-0.15, -0.1) is 0 Å². The molecule has 2 aromatic carbocycles. The minimum Gasteiger partial charge on any atom is -0.619 e. The molecule has 0 amide bonds. The summed E-state index contributed by atoms with van der Waals surface area (Å²) in [5, 5.41) is 11.5. The van der Waals surface area contributed by atoms with E-state index in [1.165, 1.54) is 30.6 Å². The fraction of sp³-hybridized carbons (Fsp3) is 0.185. The lowest BCUT2D eigenvalue weighted by Crippen LogP contribution is -2.24. The van der Waals surface area contributed by atoms with E-state index in [0.29, 0.717) is 22.5 Å². The summed E-state index contributed by atoms with van der Waals surface area (Å²) in [5.74, 6) is -0.741. The normalized spacial score (nSPS) is 12.0. The number of anilines is 2. The molecule has 1 atom stereocenters. The van der Waals surface area contributed by atoms with Crippen LogP contribution in [-0.4, -0.2) is 25.3 Å². The molecule has 0 aliphatic carbocycles. The van der Waals surface area contributed by atoms with Crippen molar-refractivity contribution in [3.05, 3.63) is 113 Å². The molecule has 0 aliphatic heterocycles. The molecule has 1 unspecified atom stereocenters. The Bertz CT molecular complexity index is 1290. The van der Waals surface area contributed by atoms with Crippen molar-refractivity contribution in [1.82, 2.24) is 4.98 Å². The van der Waals surface area contributed by atoms with Gasteiger partial charge in [-0.2, -0.15) is 22.3 Å². The third kappa shape index (κ3) is 6.66. The van der Waals surface area contributed by atoms with E-state index in [-0.39, 0.29) is 0 Å². The molecule has 0 N–H and O–H groups in total. The average molecular weight is 513 g/mol. The van der Waals surface area contributed by atoms with Gasteiger partial charge < -0.3 is 19.6 Å². The fourth-order valence-corrected chi connectivity index (χ4v) is 3.95. The van der Waals surface area contributed by atoms with Crippen LogP contribution < -0.4 is 19.1 Å². The summed E-state index contributed by atoms with van der Waals surface area (Å²) in [6.45, 7) is -6.44. The van der Waals surface area contributed by atoms with Gasteiger partial charge in [-0.1, -0.05) is 30.3 Å². The third-order valence-corrected chi connectivity index (χ3v) is 5.77. The second-order valence-corrected chi connectivity index (χ2v) is 8.13. The number of hydrogen-bond acceptors (Lipinski definition) is 5. The van der Waals surface area contributed by atoms with E-state index in [4.69, 9.17) is 0 Å². The van der Waals surface area contributed by atoms with E-state index in [1.807, 2.05) is 54.4 Å². The van der Waals surface area contributed by atoms with Crippen LogP contribution in [0.15, 0.2) is 91.4 Å². The maximum atomic E-state index is 13.0. The molecule has 0 spiro atoms. The first-order valence-electron chi connectivity index (χ1n) is 11.3. The predicted molar refractivity (Wildman–Crippen MR) is 129 cm³/mol. The number of nitrogens with zero attached hydrogens (tertiary/aromatic N) is 3. The summed E-state index contributed by atoms with van der Waals surface area (Å²) in [6.07, 6.45) is 4.76. The van der Waals surface area contributed by atoms with E-state index in [2.05, 4.69) is 14.5 Å². The van der Waals surface area contributed by atoms with Gasteiger partial charge in [0.15, 0.2) is 23.9 Å². The van der Waals surface area contributed by atoms with E-state index in [0.717, 1.165) is 16.8 Å². The lowest BCUT2D eigenvalue weighted by molar-refractivity contribution is -0.605. The van der Waals surface area contributed by atoms with Crippen LogP contribution in [0.25, 0.3) is 0 Å². The van der Waals surface area contributed by atoms with Crippen molar-refractivity contribution in [1.29, 1.82) is 0 Å². The maximum absolute atomic E-state index is 13.0. The number of pyridine rings is 2. The van der Waals surface area contributed by atoms with Crippen LogP contribution in [0.5, 0.6) is 11.5 Å². The molecular weight excluding hydrogens is 490 g/mol. The molecule has 0 saturated heterocycles. The third-order valence-electron chi connectivity index (χ3n) is 5.77. The van der Waals surface area contributed by atoms with Crippen LogP contribution in [0.1, 0.15) is 22.6 Å².